The van der Waals surface area contributed by atoms with Gasteiger partial charge in [0, 0.05) is 63.9 Å². The summed E-state index contributed by atoms with van der Waals surface area (Å²) in [5.74, 6) is 0.457. The average molecular weight is 428 g/mol. The molecule has 3 fully saturated rings. The highest BCUT2D eigenvalue weighted by molar-refractivity contribution is 5.94. The zero-order chi connectivity index (χ0) is 22.2. The fourth-order valence-corrected chi connectivity index (χ4v) is 6.17. The molecule has 3 aliphatic heterocycles. The van der Waals surface area contributed by atoms with Crippen molar-refractivity contribution in [1.29, 1.82) is 0 Å². The molecule has 0 radical (unpaired) electrons. The summed E-state index contributed by atoms with van der Waals surface area (Å²) < 4.78 is 5.33. The third-order valence-electron chi connectivity index (χ3n) is 8.30. The Morgan fingerprint density at radius 2 is 1.81 bits per heavy atom. The van der Waals surface area contributed by atoms with Gasteiger partial charge in [0.25, 0.3) is 5.91 Å². The molecule has 1 aromatic carbocycles. The zero-order valence-corrected chi connectivity index (χ0v) is 19.6. The van der Waals surface area contributed by atoms with E-state index in [4.69, 9.17) is 4.74 Å². The molecule has 1 aromatic rings. The maximum atomic E-state index is 13.5. The monoisotopic (exact) mass is 427 g/mol. The maximum absolute atomic E-state index is 13.5. The van der Waals surface area contributed by atoms with Crippen molar-refractivity contribution in [2.75, 3.05) is 59.5 Å². The van der Waals surface area contributed by atoms with Crippen molar-refractivity contribution in [1.82, 2.24) is 14.7 Å². The van der Waals surface area contributed by atoms with E-state index in [2.05, 4.69) is 25.7 Å². The molecular formula is C25H37N3O3. The first kappa shape index (κ1) is 22.3. The number of carbonyl (C=O) groups is 2. The van der Waals surface area contributed by atoms with Gasteiger partial charge in [-0.3, -0.25) is 14.5 Å². The van der Waals surface area contributed by atoms with Crippen molar-refractivity contribution in [3.8, 4) is 0 Å². The molecule has 3 saturated heterocycles. The Hall–Kier alpha value is -1.92. The number of benzene rings is 1. The van der Waals surface area contributed by atoms with Crippen LogP contribution in [0, 0.1) is 24.7 Å². The lowest BCUT2D eigenvalue weighted by Crippen LogP contribution is -2.53. The molecule has 0 aromatic heterocycles. The van der Waals surface area contributed by atoms with Crippen LogP contribution in [-0.2, 0) is 9.53 Å². The Kier molecular flexibility index (Phi) is 6.14. The lowest BCUT2D eigenvalue weighted by atomic mass is 9.60. The third kappa shape index (κ3) is 3.68. The van der Waals surface area contributed by atoms with Gasteiger partial charge in [-0.2, -0.15) is 0 Å². The molecule has 2 spiro atoms. The second kappa shape index (κ2) is 8.55. The van der Waals surface area contributed by atoms with E-state index in [0.29, 0.717) is 12.5 Å². The normalized spacial score (nSPS) is 25.9. The standard InChI is InChI=1S/C25H37N3O3/c1-5-27-13-10-25(23(27)30)18-26(14-15-31-4)17-24(25)8-11-28(12-9-24)22(29)21-7-6-19(2)20(3)16-21/h6-7,16H,5,8-15,17-18H2,1-4H3/t25-/m0/s1. The van der Waals surface area contributed by atoms with Crippen LogP contribution in [0.1, 0.15) is 47.7 Å². The van der Waals surface area contributed by atoms with Crippen molar-refractivity contribution in [3.63, 3.8) is 0 Å². The van der Waals surface area contributed by atoms with Gasteiger partial charge in [-0.25, -0.2) is 0 Å². The average Bonchev–Trinajstić information content (AvgIpc) is 3.26. The molecule has 0 aliphatic carbocycles. The van der Waals surface area contributed by atoms with Crippen LogP contribution in [0.3, 0.4) is 0 Å². The van der Waals surface area contributed by atoms with Gasteiger partial charge in [0.1, 0.15) is 0 Å². The van der Waals surface area contributed by atoms with E-state index in [0.717, 1.165) is 76.2 Å². The van der Waals surface area contributed by atoms with E-state index in [1.165, 1.54) is 5.56 Å². The largest absolute Gasteiger partial charge is 0.383 e. The van der Waals surface area contributed by atoms with Crippen molar-refractivity contribution >= 4 is 11.8 Å². The van der Waals surface area contributed by atoms with Crippen molar-refractivity contribution in [3.05, 3.63) is 34.9 Å². The molecule has 0 N–H and O–H groups in total. The molecule has 4 rings (SSSR count). The molecule has 170 valence electrons. The summed E-state index contributed by atoms with van der Waals surface area (Å²) in [5, 5.41) is 0. The minimum Gasteiger partial charge on any atom is -0.383 e. The topological polar surface area (TPSA) is 53.1 Å². The van der Waals surface area contributed by atoms with Gasteiger partial charge in [0.05, 0.1) is 12.0 Å². The van der Waals surface area contributed by atoms with Crippen LogP contribution in [0.15, 0.2) is 18.2 Å². The molecule has 6 heteroatoms. The van der Waals surface area contributed by atoms with Crippen LogP contribution in [0.4, 0.5) is 0 Å². The van der Waals surface area contributed by atoms with Crippen LogP contribution in [0.25, 0.3) is 0 Å². The lowest BCUT2D eigenvalue weighted by molar-refractivity contribution is -0.141. The second-order valence-corrected chi connectivity index (χ2v) is 9.79. The van der Waals surface area contributed by atoms with Gasteiger partial charge in [-0.15, -0.1) is 0 Å². The van der Waals surface area contributed by atoms with E-state index < -0.39 is 0 Å². The van der Waals surface area contributed by atoms with Crippen LogP contribution in [-0.4, -0.2) is 86.0 Å². The van der Waals surface area contributed by atoms with Gasteiger partial charge in [0.2, 0.25) is 5.91 Å². The van der Waals surface area contributed by atoms with Crippen LogP contribution < -0.4 is 0 Å². The number of rotatable bonds is 5. The number of piperidine rings is 1. The summed E-state index contributed by atoms with van der Waals surface area (Å²) in [4.78, 5) is 33.2. The second-order valence-electron chi connectivity index (χ2n) is 9.79. The van der Waals surface area contributed by atoms with Gasteiger partial charge in [-0.05, 0) is 63.3 Å². The van der Waals surface area contributed by atoms with Gasteiger partial charge < -0.3 is 14.5 Å². The summed E-state index contributed by atoms with van der Waals surface area (Å²) >= 11 is 0. The Morgan fingerprint density at radius 3 is 2.42 bits per heavy atom. The first-order valence-corrected chi connectivity index (χ1v) is 11.7. The number of carbonyl (C=O) groups excluding carboxylic acids is 2. The summed E-state index contributed by atoms with van der Waals surface area (Å²) in [5.41, 5.74) is 2.79. The molecule has 6 nitrogen and oxygen atoms in total. The predicted octanol–water partition coefficient (Wildman–Crippen LogP) is 2.73. The molecule has 2 amide bonds. The first-order chi connectivity index (χ1) is 14.9. The smallest absolute Gasteiger partial charge is 0.253 e. The van der Waals surface area contributed by atoms with E-state index in [-0.39, 0.29) is 16.7 Å². The third-order valence-corrected chi connectivity index (χ3v) is 8.30. The molecule has 0 bridgehead atoms. The Bertz CT molecular complexity index is 846. The quantitative estimate of drug-likeness (QED) is 0.725. The zero-order valence-electron chi connectivity index (χ0n) is 19.6. The highest BCUT2D eigenvalue weighted by Gasteiger charge is 2.64. The van der Waals surface area contributed by atoms with E-state index in [1.54, 1.807) is 7.11 Å². The number of likely N-dealkylation sites (tertiary alicyclic amines) is 3. The van der Waals surface area contributed by atoms with Crippen molar-refractivity contribution in [2.45, 2.75) is 40.0 Å². The lowest BCUT2D eigenvalue weighted by Gasteiger charge is -2.47. The van der Waals surface area contributed by atoms with E-state index in [1.807, 2.05) is 28.0 Å². The molecule has 31 heavy (non-hydrogen) atoms. The van der Waals surface area contributed by atoms with Crippen LogP contribution >= 0.6 is 0 Å². The summed E-state index contributed by atoms with van der Waals surface area (Å²) in [6.45, 7) is 12.6. The highest BCUT2D eigenvalue weighted by Crippen LogP contribution is 2.57. The number of fused-ring (bicyclic) bond motifs is 1. The van der Waals surface area contributed by atoms with E-state index in [9.17, 15) is 9.59 Å². The van der Waals surface area contributed by atoms with Crippen LogP contribution in [0.5, 0.6) is 0 Å². The van der Waals surface area contributed by atoms with E-state index >= 15 is 0 Å². The fraction of sp³-hybridized carbons (Fsp3) is 0.680. The number of amides is 2. The van der Waals surface area contributed by atoms with Gasteiger partial charge >= 0.3 is 0 Å². The number of nitrogens with zero attached hydrogens (tertiary/aromatic N) is 3. The number of hydrogen-bond donors (Lipinski definition) is 0. The molecule has 3 heterocycles. The molecule has 0 saturated carbocycles. The number of methoxy groups -OCH3 is 1. The predicted molar refractivity (Wildman–Crippen MR) is 121 cm³/mol. The number of ether oxygens (including phenoxy) is 1. The minimum atomic E-state index is -0.299. The number of aryl methyl sites for hydroxylation is 2. The van der Waals surface area contributed by atoms with Gasteiger partial charge in [0.15, 0.2) is 0 Å². The van der Waals surface area contributed by atoms with Crippen LogP contribution in [0.2, 0.25) is 0 Å². The molecule has 3 aliphatic rings. The maximum Gasteiger partial charge on any atom is 0.253 e. The highest BCUT2D eigenvalue weighted by atomic mass is 16.5. The first-order valence-electron chi connectivity index (χ1n) is 11.7. The van der Waals surface area contributed by atoms with Crippen molar-refractivity contribution < 1.29 is 14.3 Å². The number of hydrogen-bond acceptors (Lipinski definition) is 4. The Balaban J connectivity index is 1.53. The van der Waals surface area contributed by atoms with Gasteiger partial charge in [-0.1, -0.05) is 6.07 Å². The molecule has 1 atom stereocenters. The SMILES string of the molecule is CCN1CC[C@]2(CN(CCOC)CC23CCN(C(=O)c2ccc(C)c(C)c2)CC3)C1=O. The Labute approximate surface area is 186 Å². The molecular weight excluding hydrogens is 390 g/mol. The minimum absolute atomic E-state index is 0.0400. The summed E-state index contributed by atoms with van der Waals surface area (Å²) in [7, 11) is 1.73. The molecule has 0 unspecified atom stereocenters. The summed E-state index contributed by atoms with van der Waals surface area (Å²) in [6.07, 6.45) is 2.74. The fourth-order valence-electron chi connectivity index (χ4n) is 6.17. The van der Waals surface area contributed by atoms with Crippen molar-refractivity contribution in [2.24, 2.45) is 10.8 Å². The Morgan fingerprint density at radius 1 is 1.06 bits per heavy atom. The summed E-state index contributed by atoms with van der Waals surface area (Å²) in [6, 6.07) is 5.98.